The van der Waals surface area contributed by atoms with Crippen molar-refractivity contribution in [2.75, 3.05) is 6.61 Å². The number of hydrogen-bond acceptors (Lipinski definition) is 4. The third-order valence-electron chi connectivity index (χ3n) is 0.894. The molecule has 0 aromatic carbocycles. The Labute approximate surface area is 64.3 Å². The van der Waals surface area contributed by atoms with Crippen LogP contribution >= 0.6 is 8.25 Å². The molecule has 0 saturated carbocycles. The van der Waals surface area contributed by atoms with E-state index in [1.54, 1.807) is 0 Å². The summed E-state index contributed by atoms with van der Waals surface area (Å²) in [6.07, 6.45) is -0.476. The van der Waals surface area contributed by atoms with Crippen molar-refractivity contribution in [1.29, 1.82) is 0 Å². The Morgan fingerprint density at radius 2 is 2.36 bits per heavy atom. The second-order valence-electron chi connectivity index (χ2n) is 1.70. The summed E-state index contributed by atoms with van der Waals surface area (Å²) in [7, 11) is -3.07. The Morgan fingerprint density at radius 3 is 2.73 bits per heavy atom. The average Bonchev–Trinajstić information content (AvgIpc) is 1.98. The molecular weight excluding hydrogens is 171 g/mol. The topological polar surface area (TPSA) is 83.8 Å². The van der Waals surface area contributed by atoms with E-state index in [4.69, 9.17) is 10.00 Å². The highest BCUT2D eigenvalue weighted by Gasteiger charge is 2.11. The number of carbonyl (C=O) groups excluding carboxylic acids is 1. The zero-order valence-corrected chi connectivity index (χ0v) is 6.69. The van der Waals surface area contributed by atoms with Crippen molar-refractivity contribution in [3.05, 3.63) is 12.7 Å². The molecule has 5 nitrogen and oxygen atoms in total. The van der Waals surface area contributed by atoms with Crippen LogP contribution in [0.5, 0.6) is 0 Å². The minimum atomic E-state index is -3.07. The van der Waals surface area contributed by atoms with E-state index in [0.717, 1.165) is 6.08 Å². The van der Waals surface area contributed by atoms with Crippen molar-refractivity contribution < 1.29 is 23.9 Å². The lowest BCUT2D eigenvalue weighted by atomic mass is 10.2. The van der Waals surface area contributed by atoms with E-state index in [-0.39, 0.29) is 0 Å². The summed E-state index contributed by atoms with van der Waals surface area (Å²) in [5, 5.41) is 8.79. The largest absolute Gasteiger partial charge is 0.382 e. The fraction of sp³-hybridized carbons (Fsp3) is 0.400. The third kappa shape index (κ3) is 4.86. The summed E-state index contributed by atoms with van der Waals surface area (Å²) in [6, 6.07) is 0. The van der Waals surface area contributed by atoms with Crippen LogP contribution in [0.15, 0.2) is 12.7 Å². The van der Waals surface area contributed by atoms with Crippen molar-refractivity contribution in [3.8, 4) is 0 Å². The lowest BCUT2D eigenvalue weighted by Gasteiger charge is -2.04. The van der Waals surface area contributed by atoms with Gasteiger partial charge in [-0.2, -0.15) is 0 Å². The molecular formula is C5H9O5P. The van der Waals surface area contributed by atoms with Gasteiger partial charge < -0.3 is 14.5 Å². The number of aliphatic hydroxyl groups is 1. The maximum absolute atomic E-state index is 10.5. The van der Waals surface area contributed by atoms with Gasteiger partial charge in [0.2, 0.25) is 0 Å². The maximum Gasteiger partial charge on any atom is 0.316 e. The van der Waals surface area contributed by atoms with Crippen LogP contribution < -0.4 is 0 Å². The summed E-state index contributed by atoms with van der Waals surface area (Å²) in [5.74, 6) is -0.631. The summed E-state index contributed by atoms with van der Waals surface area (Å²) in [5.41, 5.74) is 0. The minimum Gasteiger partial charge on any atom is -0.382 e. The predicted molar refractivity (Wildman–Crippen MR) is 38.4 cm³/mol. The molecule has 0 aromatic rings. The van der Waals surface area contributed by atoms with Gasteiger partial charge in [-0.15, -0.1) is 0 Å². The molecule has 0 saturated heterocycles. The Morgan fingerprint density at radius 1 is 1.82 bits per heavy atom. The predicted octanol–water partition coefficient (Wildman–Crippen LogP) is -0.499. The van der Waals surface area contributed by atoms with Crippen LogP contribution in [0.2, 0.25) is 0 Å². The fourth-order valence-electron chi connectivity index (χ4n) is 0.368. The molecule has 0 bridgehead atoms. The van der Waals surface area contributed by atoms with Gasteiger partial charge in [0.15, 0.2) is 5.78 Å². The zero-order valence-electron chi connectivity index (χ0n) is 5.69. The highest BCUT2D eigenvalue weighted by Crippen LogP contribution is 2.14. The van der Waals surface area contributed by atoms with Crippen LogP contribution in [-0.4, -0.2) is 28.5 Å². The van der Waals surface area contributed by atoms with Crippen molar-refractivity contribution in [3.63, 3.8) is 0 Å². The lowest BCUT2D eigenvalue weighted by Crippen LogP contribution is -2.22. The van der Waals surface area contributed by atoms with Crippen LogP contribution in [0.3, 0.4) is 0 Å². The van der Waals surface area contributed by atoms with Crippen molar-refractivity contribution in [2.45, 2.75) is 6.10 Å². The minimum absolute atomic E-state index is 0.473. The summed E-state index contributed by atoms with van der Waals surface area (Å²) in [4.78, 5) is 18.6. The number of hydrogen-bond donors (Lipinski definition) is 2. The highest BCUT2D eigenvalue weighted by molar-refractivity contribution is 7.32. The molecule has 0 aliphatic carbocycles. The molecule has 6 heteroatoms. The van der Waals surface area contributed by atoms with Gasteiger partial charge in [-0.3, -0.25) is 9.36 Å². The molecule has 0 spiro atoms. The lowest BCUT2D eigenvalue weighted by molar-refractivity contribution is -0.123. The molecule has 0 aromatic heterocycles. The van der Waals surface area contributed by atoms with E-state index in [0.29, 0.717) is 0 Å². The third-order valence-corrected chi connectivity index (χ3v) is 1.31. The Balaban J connectivity index is 3.68. The smallest absolute Gasteiger partial charge is 0.316 e. The SMILES string of the molecule is C=CC(=O)C(O)CO[PH](=O)O. The van der Waals surface area contributed by atoms with Crippen LogP contribution in [-0.2, 0) is 13.9 Å². The molecule has 0 rings (SSSR count). The number of ketones is 1. The first-order chi connectivity index (χ1) is 5.07. The van der Waals surface area contributed by atoms with Gasteiger partial charge in [0.05, 0.1) is 6.61 Å². The molecule has 0 amide bonds. The quantitative estimate of drug-likeness (QED) is 0.440. The standard InChI is InChI=1S/C5H9O5P/c1-2-4(6)5(7)3-10-11(8)9/h2,5,7,11H,1,3H2,(H,8,9). The normalized spacial score (nSPS) is 15.5. The Bertz CT molecular complexity index is 178. The van der Waals surface area contributed by atoms with Gasteiger partial charge in [-0.1, -0.05) is 6.58 Å². The molecule has 64 valence electrons. The van der Waals surface area contributed by atoms with Gasteiger partial charge in [0.1, 0.15) is 6.10 Å². The van der Waals surface area contributed by atoms with E-state index in [2.05, 4.69) is 11.1 Å². The van der Waals surface area contributed by atoms with E-state index >= 15 is 0 Å². The first kappa shape index (κ1) is 10.5. The molecule has 0 heterocycles. The monoisotopic (exact) mass is 180 g/mol. The van der Waals surface area contributed by atoms with E-state index < -0.39 is 26.7 Å². The van der Waals surface area contributed by atoms with Gasteiger partial charge in [0, 0.05) is 0 Å². The molecule has 11 heavy (non-hydrogen) atoms. The Hall–Kier alpha value is -0.480. The molecule has 2 unspecified atom stereocenters. The molecule has 2 atom stereocenters. The van der Waals surface area contributed by atoms with Crippen LogP contribution in [0.25, 0.3) is 0 Å². The van der Waals surface area contributed by atoms with Gasteiger partial charge in [-0.25, -0.2) is 0 Å². The fourth-order valence-corrected chi connectivity index (χ4v) is 0.669. The summed E-state index contributed by atoms with van der Waals surface area (Å²) in [6.45, 7) is 2.64. The molecule has 0 fully saturated rings. The number of carbonyl (C=O) groups is 1. The second kappa shape index (κ2) is 5.21. The summed E-state index contributed by atoms with van der Waals surface area (Å²) < 4.78 is 14.0. The molecule has 0 aliphatic heterocycles. The van der Waals surface area contributed by atoms with E-state index in [1.165, 1.54) is 0 Å². The van der Waals surface area contributed by atoms with Crippen LogP contribution in [0.1, 0.15) is 0 Å². The average molecular weight is 180 g/mol. The van der Waals surface area contributed by atoms with Crippen molar-refractivity contribution in [2.24, 2.45) is 0 Å². The van der Waals surface area contributed by atoms with Crippen molar-refractivity contribution in [1.82, 2.24) is 0 Å². The van der Waals surface area contributed by atoms with Crippen LogP contribution in [0.4, 0.5) is 0 Å². The Kier molecular flexibility index (Phi) is 4.98. The van der Waals surface area contributed by atoms with Gasteiger partial charge in [-0.05, 0) is 6.08 Å². The van der Waals surface area contributed by atoms with Crippen LogP contribution in [0, 0.1) is 0 Å². The molecule has 0 aliphatic rings. The molecule has 0 radical (unpaired) electrons. The van der Waals surface area contributed by atoms with Gasteiger partial charge >= 0.3 is 8.25 Å². The summed E-state index contributed by atoms with van der Waals surface area (Å²) >= 11 is 0. The highest BCUT2D eigenvalue weighted by atomic mass is 31.1. The molecule has 2 N–H and O–H groups in total. The van der Waals surface area contributed by atoms with E-state index in [9.17, 15) is 9.36 Å². The zero-order chi connectivity index (χ0) is 8.85. The van der Waals surface area contributed by atoms with E-state index in [1.807, 2.05) is 0 Å². The van der Waals surface area contributed by atoms with Crippen molar-refractivity contribution >= 4 is 14.0 Å². The van der Waals surface area contributed by atoms with Gasteiger partial charge in [0.25, 0.3) is 0 Å². The first-order valence-corrected chi connectivity index (χ1v) is 4.04. The second-order valence-corrected chi connectivity index (χ2v) is 2.52. The number of rotatable bonds is 5. The number of aliphatic hydroxyl groups excluding tert-OH is 1. The maximum atomic E-state index is 10.5. The first-order valence-electron chi connectivity index (χ1n) is 2.78.